The molecule has 7 heteroatoms. The second-order valence-corrected chi connectivity index (χ2v) is 4.88. The molecule has 0 heterocycles. The number of methoxy groups -OCH3 is 1. The Morgan fingerprint density at radius 2 is 2.11 bits per heavy atom. The third kappa shape index (κ3) is 5.27. The summed E-state index contributed by atoms with van der Waals surface area (Å²) in [5.41, 5.74) is 1.54. The van der Waals surface area contributed by atoms with E-state index < -0.39 is 18.0 Å². The van der Waals surface area contributed by atoms with E-state index in [1.54, 1.807) is 12.1 Å². The van der Waals surface area contributed by atoms with Gasteiger partial charge in [-0.25, -0.2) is 9.59 Å². The Bertz CT molecular complexity index is 459. The first kappa shape index (κ1) is 15.5. The molecule has 1 rings (SSSR count). The smallest absolute Gasteiger partial charge is 0.328 e. The quantitative estimate of drug-likeness (QED) is 0.770. The van der Waals surface area contributed by atoms with E-state index in [2.05, 4.69) is 26.6 Å². The standard InChI is InChI=1S/C12H15BrN2O4/c1-7-3-8(13)5-9(4-7)14-12(18)15-10(6-19-2)11(16)17/h3-5,10H,6H2,1-2H3,(H,16,17)(H2,14,15,18). The van der Waals surface area contributed by atoms with Gasteiger partial charge in [0.05, 0.1) is 6.61 Å². The normalized spacial score (nSPS) is 11.7. The van der Waals surface area contributed by atoms with Gasteiger partial charge >= 0.3 is 12.0 Å². The molecule has 0 radical (unpaired) electrons. The molecule has 104 valence electrons. The van der Waals surface area contributed by atoms with E-state index in [1.807, 2.05) is 13.0 Å². The number of aliphatic carboxylic acids is 1. The molecule has 1 unspecified atom stereocenters. The summed E-state index contributed by atoms with van der Waals surface area (Å²) in [4.78, 5) is 22.5. The predicted octanol–water partition coefficient (Wildman–Crippen LogP) is 1.98. The fourth-order valence-corrected chi connectivity index (χ4v) is 2.08. The van der Waals surface area contributed by atoms with Crippen LogP contribution in [0, 0.1) is 6.92 Å². The van der Waals surface area contributed by atoms with Crippen molar-refractivity contribution in [1.82, 2.24) is 5.32 Å². The number of nitrogens with one attached hydrogen (secondary N) is 2. The van der Waals surface area contributed by atoms with Crippen LogP contribution in [0.3, 0.4) is 0 Å². The average Bonchev–Trinajstić information content (AvgIpc) is 2.26. The first-order chi connectivity index (χ1) is 8.92. The molecule has 1 aromatic carbocycles. The van der Waals surface area contributed by atoms with E-state index in [1.165, 1.54) is 7.11 Å². The zero-order valence-electron chi connectivity index (χ0n) is 10.6. The monoisotopic (exact) mass is 330 g/mol. The first-order valence-electron chi connectivity index (χ1n) is 5.49. The van der Waals surface area contributed by atoms with Crippen molar-refractivity contribution in [1.29, 1.82) is 0 Å². The van der Waals surface area contributed by atoms with Crippen molar-refractivity contribution in [3.63, 3.8) is 0 Å². The van der Waals surface area contributed by atoms with E-state index in [0.717, 1.165) is 10.0 Å². The summed E-state index contributed by atoms with van der Waals surface area (Å²) in [6, 6.07) is 3.71. The molecule has 0 aliphatic carbocycles. The summed E-state index contributed by atoms with van der Waals surface area (Å²) in [5.74, 6) is -1.15. The van der Waals surface area contributed by atoms with Crippen molar-refractivity contribution in [3.05, 3.63) is 28.2 Å². The van der Waals surface area contributed by atoms with Gasteiger partial charge in [-0.15, -0.1) is 0 Å². The molecule has 0 spiro atoms. The zero-order chi connectivity index (χ0) is 14.4. The van der Waals surface area contributed by atoms with Crippen LogP contribution in [0.4, 0.5) is 10.5 Å². The number of ether oxygens (including phenoxy) is 1. The molecule has 0 saturated heterocycles. The fraction of sp³-hybridized carbons (Fsp3) is 0.333. The topological polar surface area (TPSA) is 87.7 Å². The number of aryl methyl sites for hydroxylation is 1. The van der Waals surface area contributed by atoms with Gasteiger partial charge in [0, 0.05) is 17.3 Å². The van der Waals surface area contributed by atoms with Crippen molar-refractivity contribution < 1.29 is 19.4 Å². The van der Waals surface area contributed by atoms with Gasteiger partial charge < -0.3 is 20.5 Å². The van der Waals surface area contributed by atoms with Crippen LogP contribution in [0.2, 0.25) is 0 Å². The maximum absolute atomic E-state index is 11.7. The van der Waals surface area contributed by atoms with Crippen LogP contribution >= 0.6 is 15.9 Å². The van der Waals surface area contributed by atoms with Gasteiger partial charge in [-0.3, -0.25) is 0 Å². The number of hydrogen-bond acceptors (Lipinski definition) is 3. The van der Waals surface area contributed by atoms with E-state index in [-0.39, 0.29) is 6.61 Å². The molecule has 19 heavy (non-hydrogen) atoms. The predicted molar refractivity (Wildman–Crippen MR) is 74.3 cm³/mol. The zero-order valence-corrected chi connectivity index (χ0v) is 12.2. The molecule has 0 bridgehead atoms. The Kier molecular flexibility index (Phi) is 5.78. The first-order valence-corrected chi connectivity index (χ1v) is 6.28. The Balaban J connectivity index is 2.66. The number of benzene rings is 1. The van der Waals surface area contributed by atoms with Gasteiger partial charge in [0.2, 0.25) is 0 Å². The minimum atomic E-state index is -1.15. The molecule has 0 aromatic heterocycles. The van der Waals surface area contributed by atoms with E-state index in [4.69, 9.17) is 9.84 Å². The summed E-state index contributed by atoms with van der Waals surface area (Å²) >= 11 is 3.32. The summed E-state index contributed by atoms with van der Waals surface area (Å²) in [6.07, 6.45) is 0. The number of anilines is 1. The van der Waals surface area contributed by atoms with Crippen LogP contribution in [0.25, 0.3) is 0 Å². The van der Waals surface area contributed by atoms with E-state index >= 15 is 0 Å². The maximum atomic E-state index is 11.7. The highest BCUT2D eigenvalue weighted by molar-refractivity contribution is 9.10. The molecular formula is C12H15BrN2O4. The lowest BCUT2D eigenvalue weighted by atomic mass is 10.2. The Morgan fingerprint density at radius 3 is 2.63 bits per heavy atom. The van der Waals surface area contributed by atoms with Crippen LogP contribution in [-0.4, -0.2) is 36.9 Å². The highest BCUT2D eigenvalue weighted by atomic mass is 79.9. The number of carbonyl (C=O) groups excluding carboxylic acids is 1. The van der Waals surface area contributed by atoms with Crippen LogP contribution < -0.4 is 10.6 Å². The van der Waals surface area contributed by atoms with Crippen LogP contribution in [-0.2, 0) is 9.53 Å². The van der Waals surface area contributed by atoms with Gasteiger partial charge in [-0.2, -0.15) is 0 Å². The highest BCUT2D eigenvalue weighted by Gasteiger charge is 2.19. The van der Waals surface area contributed by atoms with Crippen molar-refractivity contribution >= 4 is 33.6 Å². The molecule has 2 amide bonds. The largest absolute Gasteiger partial charge is 0.480 e. The van der Waals surface area contributed by atoms with Crippen LogP contribution in [0.5, 0.6) is 0 Å². The number of carboxylic acids is 1. The minimum Gasteiger partial charge on any atom is -0.480 e. The lowest BCUT2D eigenvalue weighted by molar-refractivity contribution is -0.140. The van der Waals surface area contributed by atoms with Crippen molar-refractivity contribution in [3.8, 4) is 0 Å². The summed E-state index contributed by atoms with van der Waals surface area (Å²) in [6.45, 7) is 1.79. The second-order valence-electron chi connectivity index (χ2n) is 3.96. The Morgan fingerprint density at radius 1 is 1.42 bits per heavy atom. The van der Waals surface area contributed by atoms with Gasteiger partial charge in [0.15, 0.2) is 6.04 Å². The third-order valence-corrected chi connectivity index (χ3v) is 2.69. The SMILES string of the molecule is COCC(NC(=O)Nc1cc(C)cc(Br)c1)C(=O)O. The maximum Gasteiger partial charge on any atom is 0.328 e. The lowest BCUT2D eigenvalue weighted by Crippen LogP contribution is -2.45. The van der Waals surface area contributed by atoms with Gasteiger partial charge in [0.1, 0.15) is 0 Å². The highest BCUT2D eigenvalue weighted by Crippen LogP contribution is 2.18. The van der Waals surface area contributed by atoms with Gasteiger partial charge in [-0.1, -0.05) is 15.9 Å². The number of hydrogen-bond donors (Lipinski definition) is 3. The van der Waals surface area contributed by atoms with Crippen molar-refractivity contribution in [2.24, 2.45) is 0 Å². The molecule has 0 aliphatic rings. The second kappa shape index (κ2) is 7.10. The number of carbonyl (C=O) groups is 2. The average molecular weight is 331 g/mol. The van der Waals surface area contributed by atoms with Crippen molar-refractivity contribution in [2.75, 3.05) is 19.0 Å². The number of rotatable bonds is 5. The molecule has 1 aromatic rings. The molecular weight excluding hydrogens is 316 g/mol. The third-order valence-electron chi connectivity index (χ3n) is 2.24. The number of halogens is 1. The summed E-state index contributed by atoms with van der Waals surface area (Å²) in [5, 5.41) is 13.8. The molecule has 0 fully saturated rings. The van der Waals surface area contributed by atoms with Crippen LogP contribution in [0.1, 0.15) is 5.56 Å². The van der Waals surface area contributed by atoms with Crippen LogP contribution in [0.15, 0.2) is 22.7 Å². The van der Waals surface area contributed by atoms with E-state index in [9.17, 15) is 9.59 Å². The van der Waals surface area contributed by atoms with E-state index in [0.29, 0.717) is 5.69 Å². The molecule has 0 saturated carbocycles. The Hall–Kier alpha value is -1.60. The summed E-state index contributed by atoms with van der Waals surface area (Å²) in [7, 11) is 1.37. The molecule has 1 atom stereocenters. The van der Waals surface area contributed by atoms with Gasteiger partial charge in [0.25, 0.3) is 0 Å². The molecule has 0 aliphatic heterocycles. The Labute approximate surface area is 119 Å². The molecule has 6 nitrogen and oxygen atoms in total. The lowest BCUT2D eigenvalue weighted by Gasteiger charge is -2.14. The van der Waals surface area contributed by atoms with Gasteiger partial charge in [-0.05, 0) is 30.7 Å². The molecule has 3 N–H and O–H groups in total. The number of urea groups is 1. The fourth-order valence-electron chi connectivity index (χ4n) is 1.48. The number of amides is 2. The van der Waals surface area contributed by atoms with Crippen molar-refractivity contribution in [2.45, 2.75) is 13.0 Å². The summed E-state index contributed by atoms with van der Waals surface area (Å²) < 4.78 is 5.55. The minimum absolute atomic E-state index is 0.0970. The number of carboxylic acid groups (broad SMARTS) is 1.